The first kappa shape index (κ1) is 35.3. The maximum atomic E-state index is 6.69. The Morgan fingerprint density at radius 1 is 0.558 bits per heavy atom. The maximum Gasteiger partial charge on any atom is 0.0726 e. The molecular formula is C36H50Br2N4O. The Balaban J connectivity index is 0.00000169. The van der Waals surface area contributed by atoms with E-state index in [-0.39, 0.29) is 39.4 Å². The lowest BCUT2D eigenvalue weighted by Gasteiger charge is -2.27. The molecule has 2 aromatic carbocycles. The lowest BCUT2D eigenvalue weighted by molar-refractivity contribution is 0.469. The molecule has 2 heterocycles. The Kier molecular flexibility index (Phi) is 13.7. The van der Waals surface area contributed by atoms with Gasteiger partial charge in [-0.05, 0) is 75.3 Å². The van der Waals surface area contributed by atoms with Gasteiger partial charge >= 0.3 is 0 Å². The number of rotatable bonds is 11. The van der Waals surface area contributed by atoms with Gasteiger partial charge in [-0.2, -0.15) is 0 Å². The molecule has 2 aliphatic carbocycles. The van der Waals surface area contributed by atoms with E-state index in [1.807, 2.05) is 0 Å². The van der Waals surface area contributed by atoms with Crippen molar-refractivity contribution in [1.29, 1.82) is 0 Å². The number of nitrogen functional groups attached to an aromatic ring is 2. The number of aromatic nitrogens is 2. The number of pyridine rings is 2. The molecule has 0 saturated heterocycles. The summed E-state index contributed by atoms with van der Waals surface area (Å²) in [5.74, 6) is 1.18. The van der Waals surface area contributed by atoms with Crippen molar-refractivity contribution in [1.82, 2.24) is 9.97 Å². The van der Waals surface area contributed by atoms with Gasteiger partial charge in [-0.15, -0.1) is 34.0 Å². The van der Waals surface area contributed by atoms with Crippen LogP contribution in [0.15, 0.2) is 48.5 Å². The molecule has 2 aromatic heterocycles. The summed E-state index contributed by atoms with van der Waals surface area (Å²) in [6, 6.07) is 16.7. The minimum absolute atomic E-state index is 0. The van der Waals surface area contributed by atoms with E-state index in [1.165, 1.54) is 112 Å². The van der Waals surface area contributed by atoms with Gasteiger partial charge in [0, 0.05) is 44.7 Å². The van der Waals surface area contributed by atoms with E-state index >= 15 is 0 Å². The van der Waals surface area contributed by atoms with Crippen LogP contribution >= 0.6 is 34.0 Å². The van der Waals surface area contributed by atoms with Crippen LogP contribution in [0.2, 0.25) is 0 Å². The standard InChI is InChI=1S/C36H46N4.2BrH.H2O/c37-35-27-19-9-11-21-29(27)39-31-23-13-17-25(33(31)35)15-7-5-3-1-2-4-6-8-16-26-18-14-24-32-34(26)36(38)28-20-10-12-22-30(28)40-32;;;/h9-12,19-22,25-26H,1-8,13-18,23-24H2,(H2,37,39)(H2,38,40);2*1H;1H2. The molecule has 2 unspecified atom stereocenters. The molecule has 43 heavy (non-hydrogen) atoms. The van der Waals surface area contributed by atoms with Gasteiger partial charge in [0.2, 0.25) is 0 Å². The van der Waals surface area contributed by atoms with E-state index in [1.54, 1.807) is 0 Å². The number of anilines is 2. The Morgan fingerprint density at radius 2 is 0.930 bits per heavy atom. The van der Waals surface area contributed by atoms with Crippen LogP contribution in [0.5, 0.6) is 0 Å². The monoisotopic (exact) mass is 712 g/mol. The van der Waals surface area contributed by atoms with Gasteiger partial charge in [-0.25, -0.2) is 0 Å². The predicted octanol–water partition coefficient (Wildman–Crippen LogP) is 9.72. The van der Waals surface area contributed by atoms with Crippen molar-refractivity contribution >= 4 is 67.1 Å². The van der Waals surface area contributed by atoms with Crippen molar-refractivity contribution in [3.8, 4) is 0 Å². The molecule has 6 rings (SSSR count). The first-order valence-electron chi connectivity index (χ1n) is 16.0. The maximum absolute atomic E-state index is 6.69. The van der Waals surface area contributed by atoms with Gasteiger partial charge in [0.15, 0.2) is 0 Å². The summed E-state index contributed by atoms with van der Waals surface area (Å²) in [7, 11) is 0. The van der Waals surface area contributed by atoms with E-state index in [2.05, 4.69) is 48.5 Å². The molecule has 2 atom stereocenters. The highest BCUT2D eigenvalue weighted by Crippen LogP contribution is 2.42. The first-order valence-corrected chi connectivity index (χ1v) is 16.0. The van der Waals surface area contributed by atoms with Crippen molar-refractivity contribution in [2.45, 2.75) is 115 Å². The zero-order valence-corrected chi connectivity index (χ0v) is 28.9. The fraction of sp³-hybridized carbons (Fsp3) is 0.500. The average molecular weight is 715 g/mol. The number of fused-ring (bicyclic) bond motifs is 4. The van der Waals surface area contributed by atoms with E-state index in [0.717, 1.165) is 46.0 Å². The molecule has 2 aliphatic rings. The molecule has 7 heteroatoms. The van der Waals surface area contributed by atoms with Crippen LogP contribution in [0, 0.1) is 0 Å². The molecule has 0 bridgehead atoms. The number of unbranched alkanes of at least 4 members (excludes halogenated alkanes) is 7. The summed E-state index contributed by atoms with van der Waals surface area (Å²) in [5, 5.41) is 2.27. The molecule has 0 spiro atoms. The summed E-state index contributed by atoms with van der Waals surface area (Å²) < 4.78 is 0. The van der Waals surface area contributed by atoms with Gasteiger partial charge in [0.05, 0.1) is 11.0 Å². The van der Waals surface area contributed by atoms with Crippen LogP contribution in [0.4, 0.5) is 11.4 Å². The first-order chi connectivity index (χ1) is 19.7. The number of aryl methyl sites for hydroxylation is 2. The molecule has 4 aromatic rings. The highest BCUT2D eigenvalue weighted by atomic mass is 79.9. The number of hydrogen-bond acceptors (Lipinski definition) is 4. The van der Waals surface area contributed by atoms with Gasteiger partial charge in [-0.1, -0.05) is 87.8 Å². The fourth-order valence-electron chi connectivity index (χ4n) is 7.64. The SMILES string of the molecule is Br.Br.Nc1c2c(nc3ccccc13)CCCC2CCCCCCCCCCC1CCCc2nc3ccccc3c(N)c21.O. The number of nitrogens with zero attached hydrogens (tertiary/aromatic N) is 2. The second-order valence-corrected chi connectivity index (χ2v) is 12.4. The third-order valence-electron chi connectivity index (χ3n) is 9.71. The Morgan fingerprint density at radius 3 is 1.35 bits per heavy atom. The minimum atomic E-state index is 0. The Bertz CT molecular complexity index is 1370. The van der Waals surface area contributed by atoms with E-state index in [4.69, 9.17) is 21.4 Å². The zero-order valence-electron chi connectivity index (χ0n) is 25.5. The lowest BCUT2D eigenvalue weighted by atomic mass is 9.80. The zero-order chi connectivity index (χ0) is 27.3. The number of benzene rings is 2. The molecule has 0 radical (unpaired) electrons. The Labute approximate surface area is 278 Å². The minimum Gasteiger partial charge on any atom is -0.412 e. The lowest BCUT2D eigenvalue weighted by Crippen LogP contribution is -2.15. The second-order valence-electron chi connectivity index (χ2n) is 12.4. The summed E-state index contributed by atoms with van der Waals surface area (Å²) in [6.07, 6.45) is 20.4. The van der Waals surface area contributed by atoms with Crippen LogP contribution < -0.4 is 11.5 Å². The van der Waals surface area contributed by atoms with Crippen LogP contribution in [0.3, 0.4) is 0 Å². The van der Waals surface area contributed by atoms with Gasteiger partial charge in [0.1, 0.15) is 0 Å². The molecule has 5 nitrogen and oxygen atoms in total. The molecule has 0 fully saturated rings. The van der Waals surface area contributed by atoms with Crippen LogP contribution in [0.25, 0.3) is 21.8 Å². The number of halogens is 2. The predicted molar refractivity (Wildman–Crippen MR) is 194 cm³/mol. The molecule has 0 aliphatic heterocycles. The molecule has 0 saturated carbocycles. The summed E-state index contributed by atoms with van der Waals surface area (Å²) in [6.45, 7) is 0. The highest BCUT2D eigenvalue weighted by Gasteiger charge is 2.26. The van der Waals surface area contributed by atoms with Crippen LogP contribution in [0.1, 0.15) is 124 Å². The third-order valence-corrected chi connectivity index (χ3v) is 9.71. The molecular weight excluding hydrogens is 664 g/mol. The Hall–Kier alpha value is -2.22. The van der Waals surface area contributed by atoms with Crippen molar-refractivity contribution in [2.75, 3.05) is 11.5 Å². The quantitative estimate of drug-likeness (QED) is 0.151. The number of nitrogens with two attached hydrogens (primary N) is 2. The molecule has 234 valence electrons. The third kappa shape index (κ3) is 7.90. The average Bonchev–Trinajstić information content (AvgIpc) is 2.98. The normalized spacial score (nSPS) is 17.3. The summed E-state index contributed by atoms with van der Waals surface area (Å²) in [5.41, 5.74) is 22.7. The van der Waals surface area contributed by atoms with Crippen LogP contribution in [-0.2, 0) is 12.8 Å². The van der Waals surface area contributed by atoms with E-state index < -0.39 is 0 Å². The highest BCUT2D eigenvalue weighted by molar-refractivity contribution is 8.93. The van der Waals surface area contributed by atoms with Crippen molar-refractivity contribution in [3.05, 3.63) is 71.0 Å². The smallest absolute Gasteiger partial charge is 0.0726 e. The van der Waals surface area contributed by atoms with Gasteiger partial charge < -0.3 is 16.9 Å². The topological polar surface area (TPSA) is 109 Å². The van der Waals surface area contributed by atoms with Gasteiger partial charge in [0.25, 0.3) is 0 Å². The summed E-state index contributed by atoms with van der Waals surface area (Å²) in [4.78, 5) is 9.98. The summed E-state index contributed by atoms with van der Waals surface area (Å²) >= 11 is 0. The molecule has 0 amide bonds. The molecule has 6 N–H and O–H groups in total. The van der Waals surface area contributed by atoms with Crippen molar-refractivity contribution in [3.63, 3.8) is 0 Å². The van der Waals surface area contributed by atoms with E-state index in [9.17, 15) is 0 Å². The van der Waals surface area contributed by atoms with E-state index in [0.29, 0.717) is 11.8 Å². The number of para-hydroxylation sites is 2. The fourth-order valence-corrected chi connectivity index (χ4v) is 7.64. The largest absolute Gasteiger partial charge is 0.412 e. The number of hydrogen-bond donors (Lipinski definition) is 2. The van der Waals surface area contributed by atoms with Crippen LogP contribution in [-0.4, -0.2) is 15.4 Å². The van der Waals surface area contributed by atoms with Gasteiger partial charge in [-0.3, -0.25) is 9.97 Å². The van der Waals surface area contributed by atoms with Crippen molar-refractivity contribution < 1.29 is 5.48 Å². The second kappa shape index (κ2) is 16.7. The van der Waals surface area contributed by atoms with Crippen molar-refractivity contribution in [2.24, 2.45) is 0 Å².